The monoisotopic (exact) mass is 594 g/mol. The van der Waals surface area contributed by atoms with E-state index in [1.807, 2.05) is 86.8 Å². The summed E-state index contributed by atoms with van der Waals surface area (Å²) in [5, 5.41) is 3.22. The van der Waals surface area contributed by atoms with Gasteiger partial charge in [0.2, 0.25) is 5.95 Å². The Hall–Kier alpha value is -6.14. The van der Waals surface area contributed by atoms with E-state index in [-0.39, 0.29) is 0 Å². The molecule has 0 unspecified atom stereocenters. The lowest BCUT2D eigenvalue weighted by atomic mass is 10.2. The number of rotatable bonds is 4. The first-order valence-corrected chi connectivity index (χ1v) is 15.6. The average molecular weight is 595 g/mol. The smallest absolute Gasteiger partial charge is 0.238 e. The number of para-hydroxylation sites is 3. The predicted molar refractivity (Wildman–Crippen MR) is 189 cm³/mol. The van der Waals surface area contributed by atoms with Gasteiger partial charge in [-0.05, 0) is 24.3 Å². The molecule has 0 bridgehead atoms. The van der Waals surface area contributed by atoms with Crippen LogP contribution in [0.25, 0.3) is 78.2 Å². The largest absolute Gasteiger partial charge is 0.306 e. The number of fused-ring (bicyclic) bond motifs is 7. The fourth-order valence-electron chi connectivity index (χ4n) is 6.28. The highest BCUT2D eigenvalue weighted by molar-refractivity contribution is 6.22. The molecular formula is C40H30N6. The highest BCUT2D eigenvalue weighted by Gasteiger charge is 2.23. The van der Waals surface area contributed by atoms with Crippen LogP contribution in [0.1, 0.15) is 13.8 Å². The molecule has 0 fully saturated rings. The van der Waals surface area contributed by atoms with E-state index in [9.17, 15) is 0 Å². The summed E-state index contributed by atoms with van der Waals surface area (Å²) in [6.45, 7) is 4.00. The van der Waals surface area contributed by atoms with Crippen LogP contribution in [-0.4, -0.2) is 29.1 Å². The standard InChI is InChI=1S/C38H24N6.C2H6/c1-4-14-25(15-5-1)36-40-37(26-16-6-2-7-17-26)42-38(41-36)44-31-22-12-10-20-28(31)30-24-39-33-29-21-11-13-23-32(29)43(35(33)34(30)44)27-18-8-3-9-19-27;1-2/h1-24H;1-2H3. The van der Waals surface area contributed by atoms with Crippen molar-refractivity contribution >= 4 is 43.7 Å². The van der Waals surface area contributed by atoms with E-state index < -0.39 is 0 Å². The van der Waals surface area contributed by atoms with Crippen molar-refractivity contribution in [3.05, 3.63) is 146 Å². The molecule has 5 aromatic carbocycles. The van der Waals surface area contributed by atoms with E-state index in [2.05, 4.69) is 81.9 Å². The lowest BCUT2D eigenvalue weighted by Gasteiger charge is -2.13. The molecule has 9 aromatic rings. The molecule has 46 heavy (non-hydrogen) atoms. The molecule has 0 aliphatic rings. The van der Waals surface area contributed by atoms with E-state index in [1.165, 1.54) is 0 Å². The number of hydrogen-bond donors (Lipinski definition) is 0. The summed E-state index contributed by atoms with van der Waals surface area (Å²) >= 11 is 0. The van der Waals surface area contributed by atoms with Crippen LogP contribution >= 0.6 is 0 Å². The van der Waals surface area contributed by atoms with Gasteiger partial charge in [-0.2, -0.15) is 9.97 Å². The zero-order chi connectivity index (χ0) is 31.0. The summed E-state index contributed by atoms with van der Waals surface area (Å²) in [7, 11) is 0. The predicted octanol–water partition coefficient (Wildman–Crippen LogP) is 9.82. The number of pyridine rings is 1. The summed E-state index contributed by atoms with van der Waals surface area (Å²) in [4.78, 5) is 20.3. The molecule has 220 valence electrons. The zero-order valence-corrected chi connectivity index (χ0v) is 25.5. The van der Waals surface area contributed by atoms with Crippen molar-refractivity contribution in [1.29, 1.82) is 0 Å². The second kappa shape index (κ2) is 11.4. The Bertz CT molecular complexity index is 2420. The van der Waals surface area contributed by atoms with Crippen LogP contribution in [0.4, 0.5) is 0 Å². The molecule has 9 rings (SSSR count). The minimum atomic E-state index is 0.557. The molecule has 4 heterocycles. The third-order valence-corrected chi connectivity index (χ3v) is 8.21. The average Bonchev–Trinajstić information content (AvgIpc) is 3.67. The normalized spacial score (nSPS) is 11.3. The van der Waals surface area contributed by atoms with Gasteiger partial charge in [0.1, 0.15) is 0 Å². The second-order valence-electron chi connectivity index (χ2n) is 10.8. The van der Waals surface area contributed by atoms with Crippen molar-refractivity contribution in [2.75, 3.05) is 0 Å². The van der Waals surface area contributed by atoms with Crippen LogP contribution in [0, 0.1) is 0 Å². The number of hydrogen-bond acceptors (Lipinski definition) is 4. The van der Waals surface area contributed by atoms with Gasteiger partial charge in [-0.3, -0.25) is 9.55 Å². The summed E-state index contributed by atoms with van der Waals surface area (Å²) in [5.74, 6) is 1.80. The maximum Gasteiger partial charge on any atom is 0.238 e. The van der Waals surface area contributed by atoms with E-state index in [0.717, 1.165) is 60.6 Å². The number of aromatic nitrogens is 6. The van der Waals surface area contributed by atoms with Gasteiger partial charge < -0.3 is 4.57 Å². The Morgan fingerprint density at radius 1 is 0.435 bits per heavy atom. The lowest BCUT2D eigenvalue weighted by Crippen LogP contribution is -2.07. The van der Waals surface area contributed by atoms with Crippen LogP contribution < -0.4 is 0 Å². The molecule has 0 atom stereocenters. The minimum absolute atomic E-state index is 0.557. The van der Waals surface area contributed by atoms with Crippen LogP contribution in [0.3, 0.4) is 0 Å². The minimum Gasteiger partial charge on any atom is -0.306 e. The molecule has 0 N–H and O–H groups in total. The fourth-order valence-corrected chi connectivity index (χ4v) is 6.28. The molecule has 0 amide bonds. The SMILES string of the molecule is CC.c1ccc(-c2nc(-c3ccccc3)nc(-n3c4ccccc4c4cnc5c6ccccc6n(-c6ccccc6)c5c43)n2)cc1. The molecule has 0 spiro atoms. The van der Waals surface area contributed by atoms with Gasteiger partial charge in [-0.15, -0.1) is 0 Å². The van der Waals surface area contributed by atoms with Gasteiger partial charge in [-0.25, -0.2) is 4.98 Å². The molecular weight excluding hydrogens is 564 g/mol. The van der Waals surface area contributed by atoms with E-state index in [0.29, 0.717) is 17.6 Å². The molecule has 0 aliphatic carbocycles. The maximum atomic E-state index is 5.15. The first-order chi connectivity index (χ1) is 22.8. The summed E-state index contributed by atoms with van der Waals surface area (Å²) in [5.41, 5.74) is 7.96. The Kier molecular flexibility index (Phi) is 6.80. The maximum absolute atomic E-state index is 5.15. The van der Waals surface area contributed by atoms with Crippen LogP contribution in [0.5, 0.6) is 0 Å². The summed E-state index contributed by atoms with van der Waals surface area (Å²) < 4.78 is 4.50. The Balaban J connectivity index is 0.00000153. The first-order valence-electron chi connectivity index (χ1n) is 15.6. The quantitative estimate of drug-likeness (QED) is 0.203. The highest BCUT2D eigenvalue weighted by Crippen LogP contribution is 2.40. The van der Waals surface area contributed by atoms with Crippen LogP contribution in [0.2, 0.25) is 0 Å². The highest BCUT2D eigenvalue weighted by atomic mass is 15.2. The van der Waals surface area contributed by atoms with Gasteiger partial charge >= 0.3 is 0 Å². The first kappa shape index (κ1) is 27.4. The molecule has 0 saturated heterocycles. The van der Waals surface area contributed by atoms with Crippen molar-refractivity contribution in [2.45, 2.75) is 13.8 Å². The Morgan fingerprint density at radius 3 is 1.54 bits per heavy atom. The van der Waals surface area contributed by atoms with Crippen molar-refractivity contribution in [3.63, 3.8) is 0 Å². The van der Waals surface area contributed by atoms with Gasteiger partial charge in [0.05, 0.1) is 27.6 Å². The van der Waals surface area contributed by atoms with Gasteiger partial charge in [-0.1, -0.05) is 129 Å². The third kappa shape index (κ3) is 4.34. The number of nitrogens with zero attached hydrogens (tertiary/aromatic N) is 6. The topological polar surface area (TPSA) is 61.4 Å². The van der Waals surface area contributed by atoms with E-state index in [1.54, 1.807) is 0 Å². The molecule has 0 saturated carbocycles. The van der Waals surface area contributed by atoms with Gasteiger partial charge in [0.25, 0.3) is 0 Å². The summed E-state index contributed by atoms with van der Waals surface area (Å²) in [6, 6.07) is 47.5. The molecule has 4 aromatic heterocycles. The van der Waals surface area contributed by atoms with E-state index >= 15 is 0 Å². The van der Waals surface area contributed by atoms with Gasteiger partial charge in [0, 0.05) is 39.2 Å². The third-order valence-electron chi connectivity index (χ3n) is 8.21. The van der Waals surface area contributed by atoms with Crippen LogP contribution in [0.15, 0.2) is 146 Å². The molecule has 6 nitrogen and oxygen atoms in total. The summed E-state index contributed by atoms with van der Waals surface area (Å²) in [6.07, 6.45) is 2.00. The molecule has 0 aliphatic heterocycles. The Morgan fingerprint density at radius 2 is 0.935 bits per heavy atom. The van der Waals surface area contributed by atoms with Crippen molar-refractivity contribution in [1.82, 2.24) is 29.1 Å². The van der Waals surface area contributed by atoms with Gasteiger partial charge in [0.15, 0.2) is 11.6 Å². The Labute approximate surface area is 266 Å². The molecule has 6 heteroatoms. The zero-order valence-electron chi connectivity index (χ0n) is 25.5. The van der Waals surface area contributed by atoms with Crippen LogP contribution in [-0.2, 0) is 0 Å². The molecule has 0 radical (unpaired) electrons. The van der Waals surface area contributed by atoms with Crippen molar-refractivity contribution in [3.8, 4) is 34.4 Å². The van der Waals surface area contributed by atoms with E-state index in [4.69, 9.17) is 19.9 Å². The van der Waals surface area contributed by atoms with Crippen molar-refractivity contribution < 1.29 is 0 Å². The lowest BCUT2D eigenvalue weighted by molar-refractivity contribution is 0.953. The second-order valence-corrected chi connectivity index (χ2v) is 10.8. The number of benzene rings is 5. The fraction of sp³-hybridized carbons (Fsp3) is 0.0500. The van der Waals surface area contributed by atoms with Crippen molar-refractivity contribution in [2.24, 2.45) is 0 Å².